The van der Waals surface area contributed by atoms with Crippen molar-refractivity contribution < 1.29 is 23.6 Å². The molecule has 0 amide bonds. The fraction of sp³-hybridized carbons (Fsp3) is 0.632. The lowest BCUT2D eigenvalue weighted by Gasteiger charge is -2.87. The van der Waals surface area contributed by atoms with Gasteiger partial charge in [-0.25, -0.2) is 4.79 Å². The molecule has 3 aliphatic carbocycles. The molecule has 2 heterocycles. The van der Waals surface area contributed by atoms with Crippen LogP contribution in [0.4, 0.5) is 0 Å². The number of ether oxygens (including phenoxy) is 2. The molecule has 1 saturated heterocycles. The second-order valence-electron chi connectivity index (χ2n) is 9.09. The lowest BCUT2D eigenvalue weighted by molar-refractivity contribution is -0.429. The largest absolute Gasteiger partial charge is 0.498 e. The van der Waals surface area contributed by atoms with Gasteiger partial charge in [-0.2, -0.15) is 0 Å². The first-order chi connectivity index (χ1) is 11.7. The maximum Gasteiger partial charge on any atom is 0.498 e. The van der Waals surface area contributed by atoms with Crippen molar-refractivity contribution in [3.63, 3.8) is 0 Å². The number of hydrogen-bond donors (Lipinski definition) is 0. The van der Waals surface area contributed by atoms with E-state index in [1.807, 2.05) is 12.1 Å². The monoisotopic (exact) mass is 340 g/mol. The average Bonchev–Trinajstić information content (AvgIpc) is 2.86. The smallest absolute Gasteiger partial charge is 0.452 e. The highest BCUT2D eigenvalue weighted by atomic mass is 16.7. The van der Waals surface area contributed by atoms with Crippen LogP contribution in [-0.4, -0.2) is 30.1 Å². The molecule has 0 radical (unpaired) electrons. The maximum atomic E-state index is 12.3. The van der Waals surface area contributed by atoms with Gasteiger partial charge in [0, 0.05) is 24.7 Å². The summed E-state index contributed by atoms with van der Waals surface area (Å²) in [5, 5.41) is 0. The van der Waals surface area contributed by atoms with Gasteiger partial charge in [0.25, 0.3) is 0 Å². The first-order valence-corrected chi connectivity index (χ1v) is 9.13. The Kier molecular flexibility index (Phi) is 2.20. The Hall–Kier alpha value is -1.53. The van der Waals surface area contributed by atoms with Gasteiger partial charge in [0.15, 0.2) is 0 Å². The number of carbonyl (C=O) groups is 1. The predicted octanol–water partition coefficient (Wildman–Crippen LogP) is 2.27. The molecule has 0 aromatic heterocycles. The standard InChI is InChI=1S/C19H21BO5/c1-16(2)22-14-11(15(21)23-16)6-5-7-12(14)20-24-18(4)13-8-10-9-19(18,25-20)17(10,13)3/h5-7,10,13H,8-9H2,1-4H3/t10?,13?,17?,18-,19?/m0/s1. The third-order valence-electron chi connectivity index (χ3n) is 7.83. The van der Waals surface area contributed by atoms with Gasteiger partial charge in [0.05, 0.1) is 11.2 Å². The molecule has 0 bridgehead atoms. The van der Waals surface area contributed by atoms with Crippen LogP contribution in [0.25, 0.3) is 0 Å². The molecule has 1 aromatic carbocycles. The van der Waals surface area contributed by atoms with E-state index < -0.39 is 12.9 Å². The van der Waals surface area contributed by atoms with Crippen molar-refractivity contribution >= 4 is 18.6 Å². The van der Waals surface area contributed by atoms with E-state index in [0.717, 1.165) is 17.8 Å². The molecule has 2 aliphatic heterocycles. The van der Waals surface area contributed by atoms with Crippen LogP contribution in [0.3, 0.4) is 0 Å². The summed E-state index contributed by atoms with van der Waals surface area (Å²) in [4.78, 5) is 12.3. The van der Waals surface area contributed by atoms with E-state index in [2.05, 4.69) is 13.8 Å². The van der Waals surface area contributed by atoms with Gasteiger partial charge in [-0.05, 0) is 37.7 Å². The zero-order chi connectivity index (χ0) is 17.4. The summed E-state index contributed by atoms with van der Waals surface area (Å²) in [6.45, 7) is 8.02. The zero-order valence-electron chi connectivity index (χ0n) is 14.9. The Morgan fingerprint density at radius 3 is 2.60 bits per heavy atom. The molecule has 1 spiro atoms. The van der Waals surface area contributed by atoms with E-state index in [1.165, 1.54) is 6.42 Å². The molecule has 0 N–H and O–H groups in total. The highest BCUT2D eigenvalue weighted by Gasteiger charge is 2.93. The van der Waals surface area contributed by atoms with E-state index >= 15 is 0 Å². The van der Waals surface area contributed by atoms with Gasteiger partial charge in [-0.3, -0.25) is 0 Å². The summed E-state index contributed by atoms with van der Waals surface area (Å²) in [5.41, 5.74) is 1.09. The molecule has 4 fully saturated rings. The third kappa shape index (κ3) is 1.29. The quantitative estimate of drug-likeness (QED) is 0.580. The SMILES string of the molecule is CC1(C)OC(=O)c2cccc(B3OC45CC6CC(C64C)[C@]5(C)O3)c2O1. The number of rotatable bonds is 1. The highest BCUT2D eigenvalue weighted by molar-refractivity contribution is 6.63. The van der Waals surface area contributed by atoms with E-state index in [-0.39, 0.29) is 22.6 Å². The van der Waals surface area contributed by atoms with Crippen LogP contribution in [0.5, 0.6) is 5.75 Å². The van der Waals surface area contributed by atoms with Gasteiger partial charge in [-0.15, -0.1) is 0 Å². The Bertz CT molecular complexity index is 852. The minimum atomic E-state index is -0.994. The Labute approximate surface area is 147 Å². The minimum absolute atomic E-state index is 0.175. The van der Waals surface area contributed by atoms with E-state index in [1.54, 1.807) is 19.9 Å². The van der Waals surface area contributed by atoms with Crippen molar-refractivity contribution in [2.45, 2.75) is 57.5 Å². The van der Waals surface area contributed by atoms with Crippen LogP contribution in [0.2, 0.25) is 0 Å². The Morgan fingerprint density at radius 2 is 1.92 bits per heavy atom. The second kappa shape index (κ2) is 3.76. The molecule has 5 nitrogen and oxygen atoms in total. The average molecular weight is 340 g/mol. The summed E-state index contributed by atoms with van der Waals surface area (Å²) in [5.74, 6) is 0.526. The van der Waals surface area contributed by atoms with E-state index in [0.29, 0.717) is 17.2 Å². The molecule has 4 unspecified atom stereocenters. The topological polar surface area (TPSA) is 54.0 Å². The first-order valence-electron chi connectivity index (χ1n) is 9.13. The maximum absolute atomic E-state index is 12.3. The van der Waals surface area contributed by atoms with Crippen LogP contribution in [0, 0.1) is 17.3 Å². The fourth-order valence-corrected chi connectivity index (χ4v) is 6.56. The van der Waals surface area contributed by atoms with Gasteiger partial charge in [0.1, 0.15) is 11.3 Å². The van der Waals surface area contributed by atoms with Crippen molar-refractivity contribution in [2.24, 2.45) is 17.3 Å². The van der Waals surface area contributed by atoms with Gasteiger partial charge < -0.3 is 18.8 Å². The predicted molar refractivity (Wildman–Crippen MR) is 89.6 cm³/mol. The summed E-state index contributed by atoms with van der Waals surface area (Å²) < 4.78 is 24.4. The molecular weight excluding hydrogens is 319 g/mol. The van der Waals surface area contributed by atoms with Gasteiger partial charge in [-0.1, -0.05) is 19.1 Å². The van der Waals surface area contributed by atoms with Crippen LogP contribution >= 0.6 is 0 Å². The number of cyclic esters (lactones) is 1. The van der Waals surface area contributed by atoms with Crippen molar-refractivity contribution in [1.29, 1.82) is 0 Å². The molecule has 6 rings (SSSR count). The number of esters is 1. The number of benzene rings is 1. The third-order valence-corrected chi connectivity index (χ3v) is 7.83. The number of para-hydroxylation sites is 1. The van der Waals surface area contributed by atoms with Crippen molar-refractivity contribution in [3.8, 4) is 5.75 Å². The first kappa shape index (κ1) is 14.6. The van der Waals surface area contributed by atoms with Crippen molar-refractivity contribution in [3.05, 3.63) is 23.8 Å². The van der Waals surface area contributed by atoms with Crippen molar-refractivity contribution in [1.82, 2.24) is 0 Å². The van der Waals surface area contributed by atoms with Gasteiger partial charge in [0.2, 0.25) is 5.79 Å². The Morgan fingerprint density at radius 1 is 1.12 bits per heavy atom. The highest BCUT2D eigenvalue weighted by Crippen LogP contribution is 2.87. The molecule has 130 valence electrons. The second-order valence-corrected chi connectivity index (χ2v) is 9.09. The zero-order valence-corrected chi connectivity index (χ0v) is 14.9. The normalized spacial score (nSPS) is 47.2. The van der Waals surface area contributed by atoms with Crippen LogP contribution in [-0.2, 0) is 14.0 Å². The summed E-state index contributed by atoms with van der Waals surface area (Å²) in [6, 6.07) is 5.50. The minimum Gasteiger partial charge on any atom is -0.452 e. The summed E-state index contributed by atoms with van der Waals surface area (Å²) >= 11 is 0. The molecule has 3 saturated carbocycles. The number of carbonyl (C=O) groups excluding carboxylic acids is 1. The van der Waals surface area contributed by atoms with E-state index in [4.69, 9.17) is 18.8 Å². The molecule has 5 aliphatic rings. The molecule has 1 aromatic rings. The lowest BCUT2D eigenvalue weighted by atomic mass is 9.21. The summed E-state index contributed by atoms with van der Waals surface area (Å²) in [6.07, 6.45) is 2.32. The van der Waals surface area contributed by atoms with E-state index in [9.17, 15) is 4.79 Å². The fourth-order valence-electron chi connectivity index (χ4n) is 6.56. The van der Waals surface area contributed by atoms with Crippen LogP contribution < -0.4 is 10.2 Å². The summed E-state index contributed by atoms with van der Waals surface area (Å²) in [7, 11) is -0.495. The van der Waals surface area contributed by atoms with Gasteiger partial charge >= 0.3 is 13.1 Å². The molecule has 6 heteroatoms. The van der Waals surface area contributed by atoms with Crippen molar-refractivity contribution in [2.75, 3.05) is 0 Å². The molecule has 25 heavy (non-hydrogen) atoms. The number of fused-ring (bicyclic) bond motifs is 2. The van der Waals surface area contributed by atoms with Crippen LogP contribution in [0.15, 0.2) is 18.2 Å². The molecule has 5 atom stereocenters. The molecular formula is C19H21BO5. The Balaban J connectivity index is 1.43. The lowest BCUT2D eigenvalue weighted by Crippen LogP contribution is -2.92. The number of hydrogen-bond acceptors (Lipinski definition) is 5. The van der Waals surface area contributed by atoms with Crippen LogP contribution in [0.1, 0.15) is 50.9 Å².